The van der Waals surface area contributed by atoms with Crippen LogP contribution in [0.2, 0.25) is 0 Å². The smallest absolute Gasteiger partial charge is 0.123 e. The Balaban J connectivity index is 2.37. The first-order valence-electron chi connectivity index (χ1n) is 5.49. The summed E-state index contributed by atoms with van der Waals surface area (Å²) in [5.41, 5.74) is 8.17. The average Bonchev–Trinajstić information content (AvgIpc) is 2.41. The van der Waals surface area contributed by atoms with Gasteiger partial charge in [0.1, 0.15) is 11.9 Å². The molecular weight excluding hydrogens is 229 g/mol. The van der Waals surface area contributed by atoms with E-state index in [2.05, 4.69) is 11.4 Å². The molecule has 0 aliphatic rings. The Kier molecular flexibility index (Phi) is 3.56. The number of nitrogens with two attached hydrogens (primary N) is 1. The Morgan fingerprint density at radius 1 is 1.17 bits per heavy atom. The van der Waals surface area contributed by atoms with Crippen molar-refractivity contribution in [3.8, 4) is 6.07 Å². The molecule has 90 valence electrons. The van der Waals surface area contributed by atoms with E-state index in [-0.39, 0.29) is 12.4 Å². The van der Waals surface area contributed by atoms with E-state index in [4.69, 9.17) is 11.0 Å². The number of halogens is 1. The van der Waals surface area contributed by atoms with Gasteiger partial charge in [0, 0.05) is 12.2 Å². The minimum atomic E-state index is -0.324. The normalized spacial score (nSPS) is 9.83. The topological polar surface area (TPSA) is 61.8 Å². The molecule has 4 heteroatoms. The molecule has 2 aromatic carbocycles. The Morgan fingerprint density at radius 3 is 2.67 bits per heavy atom. The highest BCUT2D eigenvalue weighted by Gasteiger charge is 2.05. The zero-order chi connectivity index (χ0) is 13.0. The Hall–Kier alpha value is -2.38. The van der Waals surface area contributed by atoms with Crippen molar-refractivity contribution in [1.29, 1.82) is 5.26 Å². The fourth-order valence-corrected chi connectivity index (χ4v) is 1.69. The van der Waals surface area contributed by atoms with Crippen molar-refractivity contribution in [2.75, 3.05) is 5.32 Å². The molecule has 18 heavy (non-hydrogen) atoms. The zero-order valence-electron chi connectivity index (χ0n) is 9.65. The van der Waals surface area contributed by atoms with E-state index in [1.807, 2.05) is 6.07 Å². The van der Waals surface area contributed by atoms with Gasteiger partial charge >= 0.3 is 0 Å². The summed E-state index contributed by atoms with van der Waals surface area (Å²) in [7, 11) is 0. The van der Waals surface area contributed by atoms with E-state index in [0.717, 1.165) is 0 Å². The molecule has 2 rings (SSSR count). The lowest BCUT2D eigenvalue weighted by atomic mass is 10.1. The van der Waals surface area contributed by atoms with Crippen LogP contribution in [0.3, 0.4) is 0 Å². The highest BCUT2D eigenvalue weighted by Crippen LogP contribution is 2.23. The van der Waals surface area contributed by atoms with Crippen molar-refractivity contribution in [3.05, 3.63) is 59.4 Å². The number of nitrogens with one attached hydrogen (secondary N) is 1. The molecule has 0 aliphatic carbocycles. The number of nitriles is 1. The first-order valence-corrected chi connectivity index (χ1v) is 5.49. The SMILES string of the molecule is N#Cc1ccccc1Nc1ccc(F)cc1CN. The quantitative estimate of drug-likeness (QED) is 0.868. The van der Waals surface area contributed by atoms with Crippen LogP contribution in [0.15, 0.2) is 42.5 Å². The van der Waals surface area contributed by atoms with E-state index in [1.165, 1.54) is 12.1 Å². The Morgan fingerprint density at radius 2 is 1.94 bits per heavy atom. The maximum Gasteiger partial charge on any atom is 0.123 e. The number of hydrogen-bond acceptors (Lipinski definition) is 3. The lowest BCUT2D eigenvalue weighted by molar-refractivity contribution is 0.626. The lowest BCUT2D eigenvalue weighted by Gasteiger charge is -2.12. The zero-order valence-corrected chi connectivity index (χ0v) is 9.65. The van der Waals surface area contributed by atoms with Gasteiger partial charge < -0.3 is 11.1 Å². The highest BCUT2D eigenvalue weighted by atomic mass is 19.1. The minimum Gasteiger partial charge on any atom is -0.354 e. The third-order valence-corrected chi connectivity index (χ3v) is 2.60. The fourth-order valence-electron chi connectivity index (χ4n) is 1.69. The van der Waals surface area contributed by atoms with Gasteiger partial charge in [-0.25, -0.2) is 4.39 Å². The highest BCUT2D eigenvalue weighted by molar-refractivity contribution is 5.68. The van der Waals surface area contributed by atoms with Crippen LogP contribution >= 0.6 is 0 Å². The number of para-hydroxylation sites is 1. The van der Waals surface area contributed by atoms with E-state index in [1.54, 1.807) is 24.3 Å². The molecule has 0 unspecified atom stereocenters. The predicted molar refractivity (Wildman–Crippen MR) is 68.7 cm³/mol. The first-order chi connectivity index (χ1) is 8.74. The number of nitrogens with zero attached hydrogens (tertiary/aromatic N) is 1. The standard InChI is InChI=1S/C14H12FN3/c15-12-5-6-14(11(7-12)9-17)18-13-4-2-1-3-10(13)8-16/h1-7,18H,9,17H2. The molecule has 0 aromatic heterocycles. The van der Waals surface area contributed by atoms with Crippen LogP contribution in [0.25, 0.3) is 0 Å². The molecule has 0 spiro atoms. The van der Waals surface area contributed by atoms with Crippen LogP contribution in [-0.2, 0) is 6.54 Å². The summed E-state index contributed by atoms with van der Waals surface area (Å²) in [5.74, 6) is -0.324. The van der Waals surface area contributed by atoms with Gasteiger partial charge in [-0.15, -0.1) is 0 Å². The van der Waals surface area contributed by atoms with Crippen molar-refractivity contribution in [2.24, 2.45) is 5.73 Å². The molecule has 0 saturated carbocycles. The molecule has 0 atom stereocenters. The molecule has 0 aliphatic heterocycles. The van der Waals surface area contributed by atoms with Gasteiger partial charge in [0.25, 0.3) is 0 Å². The Bertz CT molecular complexity index is 602. The monoisotopic (exact) mass is 241 g/mol. The van der Waals surface area contributed by atoms with E-state index in [0.29, 0.717) is 22.5 Å². The van der Waals surface area contributed by atoms with Crippen LogP contribution in [-0.4, -0.2) is 0 Å². The second kappa shape index (κ2) is 5.30. The fraction of sp³-hybridized carbons (Fsp3) is 0.0714. The van der Waals surface area contributed by atoms with E-state index in [9.17, 15) is 4.39 Å². The van der Waals surface area contributed by atoms with Gasteiger partial charge in [-0.1, -0.05) is 12.1 Å². The third-order valence-electron chi connectivity index (χ3n) is 2.60. The maximum atomic E-state index is 13.1. The summed E-state index contributed by atoms with van der Waals surface area (Å²) in [6, 6.07) is 13.6. The number of benzene rings is 2. The molecular formula is C14H12FN3. The lowest BCUT2D eigenvalue weighted by Crippen LogP contribution is -2.03. The van der Waals surface area contributed by atoms with Gasteiger partial charge in [0.15, 0.2) is 0 Å². The van der Waals surface area contributed by atoms with Gasteiger partial charge in [-0.3, -0.25) is 0 Å². The van der Waals surface area contributed by atoms with Gasteiger partial charge in [-0.2, -0.15) is 5.26 Å². The molecule has 0 amide bonds. The molecule has 0 heterocycles. The van der Waals surface area contributed by atoms with Gasteiger partial charge in [0.05, 0.1) is 11.3 Å². The van der Waals surface area contributed by atoms with Crippen molar-refractivity contribution in [2.45, 2.75) is 6.54 Å². The second-order valence-corrected chi connectivity index (χ2v) is 3.79. The number of anilines is 2. The van der Waals surface area contributed by atoms with Gasteiger partial charge in [-0.05, 0) is 35.9 Å². The van der Waals surface area contributed by atoms with E-state index < -0.39 is 0 Å². The summed E-state index contributed by atoms with van der Waals surface area (Å²) < 4.78 is 13.1. The van der Waals surface area contributed by atoms with Crippen molar-refractivity contribution in [3.63, 3.8) is 0 Å². The molecule has 0 fully saturated rings. The molecule has 0 radical (unpaired) electrons. The van der Waals surface area contributed by atoms with Crippen LogP contribution < -0.4 is 11.1 Å². The number of hydrogen-bond donors (Lipinski definition) is 2. The van der Waals surface area contributed by atoms with E-state index >= 15 is 0 Å². The molecule has 0 saturated heterocycles. The van der Waals surface area contributed by atoms with Crippen LogP contribution in [0, 0.1) is 17.1 Å². The third kappa shape index (κ3) is 2.47. The molecule has 2 aromatic rings. The summed E-state index contributed by atoms with van der Waals surface area (Å²) in [5, 5.41) is 12.1. The molecule has 3 N–H and O–H groups in total. The summed E-state index contributed by atoms with van der Waals surface area (Å²) in [6.45, 7) is 0.231. The van der Waals surface area contributed by atoms with Crippen molar-refractivity contribution < 1.29 is 4.39 Å². The summed E-state index contributed by atoms with van der Waals surface area (Å²) in [4.78, 5) is 0. The van der Waals surface area contributed by atoms with Crippen LogP contribution in [0.1, 0.15) is 11.1 Å². The number of rotatable bonds is 3. The maximum absolute atomic E-state index is 13.1. The summed E-state index contributed by atoms with van der Waals surface area (Å²) in [6.07, 6.45) is 0. The Labute approximate surface area is 105 Å². The average molecular weight is 241 g/mol. The van der Waals surface area contributed by atoms with Crippen molar-refractivity contribution >= 4 is 11.4 Å². The van der Waals surface area contributed by atoms with Crippen molar-refractivity contribution in [1.82, 2.24) is 0 Å². The molecule has 3 nitrogen and oxygen atoms in total. The minimum absolute atomic E-state index is 0.231. The van der Waals surface area contributed by atoms with Crippen LogP contribution in [0.5, 0.6) is 0 Å². The predicted octanol–water partition coefficient (Wildman–Crippen LogP) is 2.90. The van der Waals surface area contributed by atoms with Gasteiger partial charge in [0.2, 0.25) is 0 Å². The largest absolute Gasteiger partial charge is 0.354 e. The molecule has 0 bridgehead atoms. The summed E-state index contributed by atoms with van der Waals surface area (Å²) >= 11 is 0. The second-order valence-electron chi connectivity index (χ2n) is 3.79. The first kappa shape index (κ1) is 12.1. The van der Waals surface area contributed by atoms with Crippen LogP contribution in [0.4, 0.5) is 15.8 Å².